The van der Waals surface area contributed by atoms with Gasteiger partial charge in [0.05, 0.1) is 0 Å². The van der Waals surface area contributed by atoms with E-state index in [1.54, 1.807) is 0 Å². The maximum atomic E-state index is 3.78. The van der Waals surface area contributed by atoms with Crippen molar-refractivity contribution in [1.82, 2.24) is 10.2 Å². The summed E-state index contributed by atoms with van der Waals surface area (Å²) in [4.78, 5) is 2.73. The molecular weight excluding hydrogens is 256 g/mol. The van der Waals surface area contributed by atoms with Crippen LogP contribution in [0.1, 0.15) is 63.1 Å². The lowest BCUT2D eigenvalue weighted by atomic mass is 9.96. The van der Waals surface area contributed by atoms with E-state index < -0.39 is 0 Å². The summed E-state index contributed by atoms with van der Waals surface area (Å²) in [6, 6.07) is 10.1. The van der Waals surface area contributed by atoms with Crippen molar-refractivity contribution in [2.24, 2.45) is 0 Å². The summed E-state index contributed by atoms with van der Waals surface area (Å²) >= 11 is 0. The van der Waals surface area contributed by atoms with E-state index in [2.05, 4.69) is 55.3 Å². The molecule has 2 atom stereocenters. The van der Waals surface area contributed by atoms with Crippen LogP contribution in [-0.2, 0) is 0 Å². The highest BCUT2D eigenvalue weighted by atomic mass is 15.2. The normalized spacial score (nSPS) is 21.4. The highest BCUT2D eigenvalue weighted by molar-refractivity contribution is 5.29. The fraction of sp³-hybridized carbons (Fsp3) is 0.684. The Hall–Kier alpha value is -0.860. The lowest BCUT2D eigenvalue weighted by Gasteiger charge is -2.38. The van der Waals surface area contributed by atoms with Crippen LogP contribution in [0.3, 0.4) is 0 Å². The highest BCUT2D eigenvalue weighted by Crippen LogP contribution is 2.24. The summed E-state index contributed by atoms with van der Waals surface area (Å²) in [7, 11) is 0. The lowest BCUT2D eigenvalue weighted by molar-refractivity contribution is 0.129. The zero-order valence-corrected chi connectivity index (χ0v) is 14.1. The Morgan fingerprint density at radius 3 is 2.76 bits per heavy atom. The number of nitrogens with one attached hydrogen (secondary N) is 1. The van der Waals surface area contributed by atoms with Gasteiger partial charge in [-0.05, 0) is 56.8 Å². The Balaban J connectivity index is 2.10. The molecule has 1 aromatic rings. The molecule has 1 aliphatic heterocycles. The summed E-state index contributed by atoms with van der Waals surface area (Å²) in [5, 5.41) is 3.78. The van der Waals surface area contributed by atoms with Crippen LogP contribution in [0.5, 0.6) is 0 Å². The highest BCUT2D eigenvalue weighted by Gasteiger charge is 2.24. The van der Waals surface area contributed by atoms with Crippen molar-refractivity contribution in [3.05, 3.63) is 35.4 Å². The average molecular weight is 288 g/mol. The van der Waals surface area contributed by atoms with Gasteiger partial charge in [0.2, 0.25) is 0 Å². The first-order valence-electron chi connectivity index (χ1n) is 8.79. The molecule has 2 nitrogen and oxygen atoms in total. The van der Waals surface area contributed by atoms with E-state index in [0.717, 1.165) is 19.1 Å². The molecule has 1 fully saturated rings. The van der Waals surface area contributed by atoms with Gasteiger partial charge >= 0.3 is 0 Å². The first kappa shape index (κ1) is 16.5. The van der Waals surface area contributed by atoms with Gasteiger partial charge in [-0.3, -0.25) is 4.90 Å². The second-order valence-corrected chi connectivity index (χ2v) is 6.42. The Kier molecular flexibility index (Phi) is 6.72. The number of aryl methyl sites for hydroxylation is 1. The number of rotatable bonds is 7. The largest absolute Gasteiger partial charge is 0.309 e. The van der Waals surface area contributed by atoms with E-state index in [9.17, 15) is 0 Å². The third-order valence-electron chi connectivity index (χ3n) is 4.84. The molecule has 1 N–H and O–H groups in total. The molecule has 0 saturated carbocycles. The van der Waals surface area contributed by atoms with E-state index in [0.29, 0.717) is 6.04 Å². The Bertz CT molecular complexity index is 416. The maximum absolute atomic E-state index is 3.78. The van der Waals surface area contributed by atoms with Gasteiger partial charge in [0.25, 0.3) is 0 Å². The third-order valence-corrected chi connectivity index (χ3v) is 4.84. The predicted octanol–water partition coefficient (Wildman–Crippen LogP) is 4.30. The van der Waals surface area contributed by atoms with E-state index >= 15 is 0 Å². The summed E-state index contributed by atoms with van der Waals surface area (Å²) in [5.74, 6) is 0. The van der Waals surface area contributed by atoms with Crippen molar-refractivity contribution in [3.8, 4) is 0 Å². The zero-order valence-electron chi connectivity index (χ0n) is 14.1. The van der Waals surface area contributed by atoms with Gasteiger partial charge in [0.1, 0.15) is 0 Å². The molecule has 0 aromatic heterocycles. The number of nitrogens with zero attached hydrogens (tertiary/aromatic N) is 1. The Labute approximate surface area is 130 Å². The molecule has 0 bridgehead atoms. The van der Waals surface area contributed by atoms with Crippen LogP contribution in [0.4, 0.5) is 0 Å². The topological polar surface area (TPSA) is 15.3 Å². The number of piperidine rings is 1. The van der Waals surface area contributed by atoms with E-state index in [4.69, 9.17) is 0 Å². The fourth-order valence-electron chi connectivity index (χ4n) is 3.57. The maximum Gasteiger partial charge on any atom is 0.0452 e. The van der Waals surface area contributed by atoms with Crippen molar-refractivity contribution in [3.63, 3.8) is 0 Å². The lowest BCUT2D eigenvalue weighted by Crippen LogP contribution is -2.44. The quantitative estimate of drug-likeness (QED) is 0.804. The number of benzene rings is 1. The second-order valence-electron chi connectivity index (χ2n) is 6.42. The fourth-order valence-corrected chi connectivity index (χ4v) is 3.57. The molecule has 0 amide bonds. The second kappa shape index (κ2) is 8.55. The average Bonchev–Trinajstić information content (AvgIpc) is 2.52. The van der Waals surface area contributed by atoms with Crippen molar-refractivity contribution in [2.75, 3.05) is 19.6 Å². The van der Waals surface area contributed by atoms with Gasteiger partial charge < -0.3 is 5.32 Å². The first-order chi connectivity index (χ1) is 10.3. The van der Waals surface area contributed by atoms with Gasteiger partial charge in [-0.1, -0.05) is 44.5 Å². The molecule has 1 saturated heterocycles. The molecule has 2 unspecified atom stereocenters. The SMILES string of the molecule is CCCNC(CN1CCCCC1CC)c1ccccc1C. The molecule has 0 spiro atoms. The van der Waals surface area contributed by atoms with Gasteiger partial charge in [0, 0.05) is 18.6 Å². The molecule has 2 rings (SSSR count). The van der Waals surface area contributed by atoms with Gasteiger partial charge in [0.15, 0.2) is 0 Å². The standard InChI is InChI=1S/C19H32N2/c1-4-13-20-19(18-12-7-6-10-16(18)3)15-21-14-9-8-11-17(21)5-2/h6-7,10,12,17,19-20H,4-5,8-9,11,13-15H2,1-3H3. The molecule has 0 radical (unpaired) electrons. The number of hydrogen-bond acceptors (Lipinski definition) is 2. The van der Waals surface area contributed by atoms with Gasteiger partial charge in [-0.15, -0.1) is 0 Å². The summed E-state index contributed by atoms with van der Waals surface area (Å²) in [6.45, 7) is 10.4. The van der Waals surface area contributed by atoms with Crippen LogP contribution >= 0.6 is 0 Å². The zero-order chi connectivity index (χ0) is 15.1. The molecule has 2 heteroatoms. The Morgan fingerprint density at radius 2 is 2.05 bits per heavy atom. The number of likely N-dealkylation sites (tertiary alicyclic amines) is 1. The van der Waals surface area contributed by atoms with Gasteiger partial charge in [-0.2, -0.15) is 0 Å². The van der Waals surface area contributed by atoms with Crippen LogP contribution in [0.25, 0.3) is 0 Å². The molecule has 0 aliphatic carbocycles. The van der Waals surface area contributed by atoms with E-state index in [1.165, 1.54) is 49.8 Å². The third kappa shape index (κ3) is 4.55. The summed E-state index contributed by atoms with van der Waals surface area (Å²) in [5.41, 5.74) is 2.89. The van der Waals surface area contributed by atoms with Crippen LogP contribution < -0.4 is 5.32 Å². The monoisotopic (exact) mass is 288 g/mol. The van der Waals surface area contributed by atoms with Crippen LogP contribution in [0, 0.1) is 6.92 Å². The van der Waals surface area contributed by atoms with Crippen molar-refractivity contribution in [2.45, 2.75) is 65.0 Å². The van der Waals surface area contributed by atoms with Crippen LogP contribution in [0.15, 0.2) is 24.3 Å². The predicted molar refractivity (Wildman–Crippen MR) is 91.7 cm³/mol. The Morgan fingerprint density at radius 1 is 1.24 bits per heavy atom. The minimum absolute atomic E-state index is 0.471. The minimum atomic E-state index is 0.471. The van der Waals surface area contributed by atoms with E-state index in [-0.39, 0.29) is 0 Å². The molecular formula is C19H32N2. The molecule has 118 valence electrons. The van der Waals surface area contributed by atoms with Crippen molar-refractivity contribution >= 4 is 0 Å². The van der Waals surface area contributed by atoms with Crippen LogP contribution in [-0.4, -0.2) is 30.6 Å². The minimum Gasteiger partial charge on any atom is -0.309 e. The van der Waals surface area contributed by atoms with E-state index in [1.807, 2.05) is 0 Å². The smallest absolute Gasteiger partial charge is 0.0452 e. The number of hydrogen-bond donors (Lipinski definition) is 1. The van der Waals surface area contributed by atoms with Gasteiger partial charge in [-0.25, -0.2) is 0 Å². The van der Waals surface area contributed by atoms with Crippen LogP contribution in [0.2, 0.25) is 0 Å². The molecule has 21 heavy (non-hydrogen) atoms. The first-order valence-corrected chi connectivity index (χ1v) is 8.79. The van der Waals surface area contributed by atoms with Crippen molar-refractivity contribution < 1.29 is 0 Å². The molecule has 1 heterocycles. The molecule has 1 aromatic carbocycles. The summed E-state index contributed by atoms with van der Waals surface area (Å²) < 4.78 is 0. The summed E-state index contributed by atoms with van der Waals surface area (Å²) in [6.07, 6.45) is 6.63. The molecule has 1 aliphatic rings. The van der Waals surface area contributed by atoms with Crippen molar-refractivity contribution in [1.29, 1.82) is 0 Å².